The van der Waals surface area contributed by atoms with Crippen LogP contribution in [-0.4, -0.2) is 38.1 Å². The minimum absolute atomic E-state index is 0.0190. The third-order valence-electron chi connectivity index (χ3n) is 5.25. The largest absolute Gasteiger partial charge is 0.374 e. The van der Waals surface area contributed by atoms with Gasteiger partial charge in [0.15, 0.2) is 0 Å². The Hall–Kier alpha value is -1.14. The fraction of sp³-hybridized carbons (Fsp3) is 0.667. The molecule has 2 aliphatic rings. The van der Waals surface area contributed by atoms with Crippen molar-refractivity contribution in [3.8, 4) is 0 Å². The van der Waals surface area contributed by atoms with Gasteiger partial charge < -0.3 is 10.1 Å². The van der Waals surface area contributed by atoms with E-state index in [1.807, 2.05) is 0 Å². The van der Waals surface area contributed by atoms with E-state index in [-0.39, 0.29) is 6.61 Å². The summed E-state index contributed by atoms with van der Waals surface area (Å²) in [5.74, 6) is -2.98. The summed E-state index contributed by atoms with van der Waals surface area (Å²) in [7, 11) is 0. The molecule has 0 amide bonds. The Labute approximate surface area is 139 Å². The standard InChI is InChI=1S/C18H23F4NO/c19-17(20)18(21,22)11-24-8-7-23-16-14-5-6-15(16)10-13-4-2-1-3-12(13)9-14/h1-4,14-17,23H,5-11H2. The number of fused-ring (bicyclic) bond motifs is 3. The second-order valence-corrected chi connectivity index (χ2v) is 6.87. The molecule has 2 unspecified atom stereocenters. The van der Waals surface area contributed by atoms with Gasteiger partial charge in [0.25, 0.3) is 0 Å². The van der Waals surface area contributed by atoms with Crippen molar-refractivity contribution in [3.05, 3.63) is 35.4 Å². The van der Waals surface area contributed by atoms with Crippen molar-refractivity contribution in [2.24, 2.45) is 11.8 Å². The molecule has 134 valence electrons. The molecule has 3 rings (SSSR count). The van der Waals surface area contributed by atoms with Crippen molar-refractivity contribution in [3.63, 3.8) is 0 Å². The predicted octanol–water partition coefficient (Wildman–Crippen LogP) is 3.69. The maximum atomic E-state index is 12.8. The second-order valence-electron chi connectivity index (χ2n) is 6.87. The maximum Gasteiger partial charge on any atom is 0.330 e. The summed E-state index contributed by atoms with van der Waals surface area (Å²) in [6.07, 6.45) is 0.729. The molecule has 6 heteroatoms. The average molecular weight is 345 g/mol. The SMILES string of the molecule is FC(F)C(F)(F)COCCNC1C2CCC1Cc1ccccc1C2. The molecule has 0 aromatic heterocycles. The minimum Gasteiger partial charge on any atom is -0.374 e. The molecule has 2 nitrogen and oxygen atoms in total. The van der Waals surface area contributed by atoms with Gasteiger partial charge >= 0.3 is 12.3 Å². The molecule has 1 N–H and O–H groups in total. The number of benzene rings is 1. The van der Waals surface area contributed by atoms with Crippen molar-refractivity contribution in [2.45, 2.75) is 44.1 Å². The molecule has 1 aromatic carbocycles. The highest BCUT2D eigenvalue weighted by molar-refractivity contribution is 5.30. The molecule has 0 saturated heterocycles. The zero-order valence-corrected chi connectivity index (χ0v) is 13.5. The van der Waals surface area contributed by atoms with E-state index in [9.17, 15) is 17.6 Å². The van der Waals surface area contributed by atoms with E-state index in [0.29, 0.717) is 24.4 Å². The lowest BCUT2D eigenvalue weighted by Crippen LogP contribution is -2.40. The quantitative estimate of drug-likeness (QED) is 0.601. The fourth-order valence-corrected chi connectivity index (χ4v) is 4.05. The second kappa shape index (κ2) is 7.40. The molecule has 2 bridgehead atoms. The minimum atomic E-state index is -4.07. The van der Waals surface area contributed by atoms with Gasteiger partial charge in [-0.25, -0.2) is 8.78 Å². The van der Waals surface area contributed by atoms with Gasteiger partial charge in [-0.3, -0.25) is 0 Å². The van der Waals surface area contributed by atoms with E-state index >= 15 is 0 Å². The van der Waals surface area contributed by atoms with Crippen LogP contribution in [0, 0.1) is 11.8 Å². The first kappa shape index (κ1) is 17.7. The van der Waals surface area contributed by atoms with Crippen molar-refractivity contribution in [2.75, 3.05) is 19.8 Å². The summed E-state index contributed by atoms with van der Waals surface area (Å²) in [4.78, 5) is 0. The average Bonchev–Trinajstić information content (AvgIpc) is 2.81. The van der Waals surface area contributed by atoms with E-state index < -0.39 is 19.0 Å². The van der Waals surface area contributed by atoms with Crippen LogP contribution in [0.2, 0.25) is 0 Å². The third kappa shape index (κ3) is 3.91. The van der Waals surface area contributed by atoms with E-state index in [1.165, 1.54) is 24.0 Å². The molecule has 24 heavy (non-hydrogen) atoms. The molecular formula is C18H23F4NO. The molecule has 1 saturated carbocycles. The summed E-state index contributed by atoms with van der Waals surface area (Å²) in [6, 6.07) is 8.84. The summed E-state index contributed by atoms with van der Waals surface area (Å²) >= 11 is 0. The lowest BCUT2D eigenvalue weighted by molar-refractivity contribution is -0.165. The predicted molar refractivity (Wildman–Crippen MR) is 83.6 cm³/mol. The Morgan fingerprint density at radius 1 is 1.08 bits per heavy atom. The molecule has 0 radical (unpaired) electrons. The molecule has 1 aromatic rings. The normalized spacial score (nSPS) is 26.5. The lowest BCUT2D eigenvalue weighted by Gasteiger charge is -2.24. The smallest absolute Gasteiger partial charge is 0.330 e. The van der Waals surface area contributed by atoms with Crippen LogP contribution in [0.25, 0.3) is 0 Å². The van der Waals surface area contributed by atoms with Gasteiger partial charge in [-0.15, -0.1) is 0 Å². The van der Waals surface area contributed by atoms with E-state index in [0.717, 1.165) is 12.8 Å². The first-order valence-electron chi connectivity index (χ1n) is 8.51. The third-order valence-corrected chi connectivity index (χ3v) is 5.25. The van der Waals surface area contributed by atoms with Gasteiger partial charge in [0.2, 0.25) is 0 Å². The Morgan fingerprint density at radius 2 is 1.67 bits per heavy atom. The molecule has 0 spiro atoms. The van der Waals surface area contributed by atoms with Gasteiger partial charge in [0, 0.05) is 12.6 Å². The Morgan fingerprint density at radius 3 is 2.21 bits per heavy atom. The van der Waals surface area contributed by atoms with Crippen LogP contribution in [-0.2, 0) is 17.6 Å². The number of alkyl halides is 4. The zero-order chi connectivity index (χ0) is 17.2. The van der Waals surface area contributed by atoms with Gasteiger partial charge in [0.05, 0.1) is 6.61 Å². The Kier molecular flexibility index (Phi) is 5.45. The van der Waals surface area contributed by atoms with Crippen LogP contribution >= 0.6 is 0 Å². The van der Waals surface area contributed by atoms with Gasteiger partial charge in [0.1, 0.15) is 6.61 Å². The van der Waals surface area contributed by atoms with E-state index in [2.05, 4.69) is 29.6 Å². The number of nitrogens with one attached hydrogen (secondary N) is 1. The maximum absolute atomic E-state index is 12.8. The van der Waals surface area contributed by atoms with Crippen LogP contribution in [0.4, 0.5) is 17.6 Å². The topological polar surface area (TPSA) is 21.3 Å². The molecular weight excluding hydrogens is 322 g/mol. The highest BCUT2D eigenvalue weighted by Crippen LogP contribution is 2.39. The van der Waals surface area contributed by atoms with Crippen molar-refractivity contribution < 1.29 is 22.3 Å². The highest BCUT2D eigenvalue weighted by Gasteiger charge is 2.41. The Bertz CT molecular complexity index is 519. The summed E-state index contributed by atoms with van der Waals surface area (Å²) < 4.78 is 54.4. The summed E-state index contributed by atoms with van der Waals surface area (Å²) in [6.45, 7) is -0.798. The number of hydrogen-bond donors (Lipinski definition) is 1. The van der Waals surface area contributed by atoms with Crippen LogP contribution in [0.3, 0.4) is 0 Å². The number of rotatable bonds is 7. The monoisotopic (exact) mass is 345 g/mol. The lowest BCUT2D eigenvalue weighted by atomic mass is 9.94. The van der Waals surface area contributed by atoms with Crippen LogP contribution in [0.5, 0.6) is 0 Å². The van der Waals surface area contributed by atoms with Gasteiger partial charge in [-0.05, 0) is 48.6 Å². The van der Waals surface area contributed by atoms with Crippen LogP contribution in [0.15, 0.2) is 24.3 Å². The number of hydrogen-bond acceptors (Lipinski definition) is 2. The van der Waals surface area contributed by atoms with Crippen LogP contribution < -0.4 is 5.32 Å². The first-order valence-corrected chi connectivity index (χ1v) is 8.51. The number of halogens is 4. The number of ether oxygens (including phenoxy) is 1. The summed E-state index contributed by atoms with van der Waals surface area (Å²) in [5, 5.41) is 3.42. The van der Waals surface area contributed by atoms with Gasteiger partial charge in [-0.1, -0.05) is 24.3 Å². The van der Waals surface area contributed by atoms with Crippen molar-refractivity contribution in [1.29, 1.82) is 0 Å². The van der Waals surface area contributed by atoms with Crippen molar-refractivity contribution in [1.82, 2.24) is 5.32 Å². The van der Waals surface area contributed by atoms with Crippen LogP contribution in [0.1, 0.15) is 24.0 Å². The van der Waals surface area contributed by atoms with E-state index in [1.54, 1.807) is 0 Å². The molecule has 1 fully saturated rings. The Balaban J connectivity index is 1.47. The summed E-state index contributed by atoms with van der Waals surface area (Å²) in [5.41, 5.74) is 2.81. The fourth-order valence-electron chi connectivity index (χ4n) is 4.05. The zero-order valence-electron chi connectivity index (χ0n) is 13.5. The molecule has 0 aliphatic heterocycles. The van der Waals surface area contributed by atoms with Crippen molar-refractivity contribution >= 4 is 0 Å². The molecule has 2 aliphatic carbocycles. The molecule has 2 atom stereocenters. The first-order chi connectivity index (χ1) is 11.5. The molecule has 0 heterocycles. The van der Waals surface area contributed by atoms with Gasteiger partial charge in [-0.2, -0.15) is 8.78 Å². The van der Waals surface area contributed by atoms with E-state index in [4.69, 9.17) is 4.74 Å². The highest BCUT2D eigenvalue weighted by atomic mass is 19.3.